The molecular formula is C25H36N6O4. The van der Waals surface area contributed by atoms with E-state index in [9.17, 15) is 14.7 Å². The number of aliphatic hydroxyl groups is 1. The van der Waals surface area contributed by atoms with Gasteiger partial charge >= 0.3 is 0 Å². The maximum absolute atomic E-state index is 13.8. The molecule has 2 amide bonds. The van der Waals surface area contributed by atoms with Crippen LogP contribution in [0.4, 0.5) is 0 Å². The molecule has 10 nitrogen and oxygen atoms in total. The number of nitrogens with one attached hydrogen (secondary N) is 1. The summed E-state index contributed by atoms with van der Waals surface area (Å²) in [6.45, 7) is 6.31. The molecule has 0 spiro atoms. The number of fused-ring (bicyclic) bond motifs is 1. The first-order chi connectivity index (χ1) is 16.7. The van der Waals surface area contributed by atoms with E-state index < -0.39 is 23.6 Å². The predicted molar refractivity (Wildman–Crippen MR) is 126 cm³/mol. The van der Waals surface area contributed by atoms with Crippen molar-refractivity contribution in [1.29, 1.82) is 0 Å². The molecule has 1 aliphatic heterocycles. The van der Waals surface area contributed by atoms with E-state index in [-0.39, 0.29) is 31.3 Å². The zero-order valence-electron chi connectivity index (χ0n) is 20.9. The number of nitrogens with zero attached hydrogens (tertiary/aromatic N) is 5. The van der Waals surface area contributed by atoms with Crippen molar-refractivity contribution in [1.82, 2.24) is 30.4 Å². The van der Waals surface area contributed by atoms with Crippen LogP contribution in [0.25, 0.3) is 0 Å². The summed E-state index contributed by atoms with van der Waals surface area (Å²) in [7, 11) is 0. The fourth-order valence-corrected chi connectivity index (χ4v) is 5.38. The normalized spacial score (nSPS) is 23.6. The molecule has 0 radical (unpaired) electrons. The van der Waals surface area contributed by atoms with Gasteiger partial charge in [-0.3, -0.25) is 9.59 Å². The first-order valence-electron chi connectivity index (χ1n) is 12.9. The highest BCUT2D eigenvalue weighted by Crippen LogP contribution is 2.40. The first-order valence-corrected chi connectivity index (χ1v) is 12.9. The van der Waals surface area contributed by atoms with E-state index in [0.717, 1.165) is 67.7 Å². The molecule has 2 N–H and O–H groups in total. The molecule has 5 rings (SSSR count). The number of likely N-dealkylation sites (tertiary alicyclic amines) is 1. The smallest absolute Gasteiger partial charge is 0.248 e. The van der Waals surface area contributed by atoms with Crippen molar-refractivity contribution in [3.8, 4) is 0 Å². The summed E-state index contributed by atoms with van der Waals surface area (Å²) in [4.78, 5) is 28.6. The second kappa shape index (κ2) is 9.37. The van der Waals surface area contributed by atoms with Crippen molar-refractivity contribution in [3.05, 3.63) is 28.9 Å². The lowest BCUT2D eigenvalue weighted by molar-refractivity contribution is -0.144. The summed E-state index contributed by atoms with van der Waals surface area (Å²) in [5.74, 6) is 0.839. The first kappa shape index (κ1) is 24.0. The molecule has 0 bridgehead atoms. The van der Waals surface area contributed by atoms with E-state index in [1.165, 1.54) is 4.90 Å². The number of hydrogen-bond acceptors (Lipinski definition) is 7. The monoisotopic (exact) mass is 484 g/mol. The van der Waals surface area contributed by atoms with Crippen LogP contribution in [0, 0.1) is 5.41 Å². The van der Waals surface area contributed by atoms with Crippen molar-refractivity contribution >= 4 is 11.8 Å². The number of rotatable bonds is 6. The lowest BCUT2D eigenvalue weighted by Crippen LogP contribution is -2.50. The van der Waals surface area contributed by atoms with Gasteiger partial charge in [-0.05, 0) is 37.5 Å². The van der Waals surface area contributed by atoms with Crippen LogP contribution in [0.1, 0.15) is 94.0 Å². The van der Waals surface area contributed by atoms with Crippen molar-refractivity contribution in [2.24, 2.45) is 5.41 Å². The van der Waals surface area contributed by atoms with E-state index in [1.54, 1.807) is 4.68 Å². The quantitative estimate of drug-likeness (QED) is 0.602. The lowest BCUT2D eigenvalue weighted by Gasteiger charge is -2.34. The number of amides is 2. The Labute approximate surface area is 205 Å². The maximum Gasteiger partial charge on any atom is 0.248 e. The molecule has 10 heteroatoms. The molecule has 2 aliphatic carbocycles. The van der Waals surface area contributed by atoms with Gasteiger partial charge in [0.05, 0.1) is 18.3 Å². The fourth-order valence-electron chi connectivity index (χ4n) is 5.38. The summed E-state index contributed by atoms with van der Waals surface area (Å²) >= 11 is 0. The SMILES string of the molecule is CC(C)(C)[C@@H](C(=O)N1CC(O)CC1C(=O)NCc1noc2c1CCCCC2)n1cc(C2CC2)nn1. The number of aromatic nitrogens is 4. The van der Waals surface area contributed by atoms with Crippen LogP contribution < -0.4 is 5.32 Å². The topological polar surface area (TPSA) is 126 Å². The number of aliphatic hydroxyl groups excluding tert-OH is 1. The average molecular weight is 485 g/mol. The highest BCUT2D eigenvalue weighted by molar-refractivity contribution is 5.90. The number of carbonyl (C=O) groups is 2. The van der Waals surface area contributed by atoms with Crippen LogP contribution in [0.5, 0.6) is 0 Å². The largest absolute Gasteiger partial charge is 0.391 e. The second-order valence-electron chi connectivity index (χ2n) is 11.4. The third-order valence-electron chi connectivity index (χ3n) is 7.42. The van der Waals surface area contributed by atoms with Gasteiger partial charge in [-0.2, -0.15) is 0 Å². The Kier molecular flexibility index (Phi) is 6.41. The Balaban J connectivity index is 1.31. The number of β-amino-alcohol motifs (C(OH)–C–C–N with tert-alkyl or cyclic N) is 1. The van der Waals surface area contributed by atoms with Crippen LogP contribution in [-0.2, 0) is 29.0 Å². The Morgan fingerprint density at radius 3 is 2.74 bits per heavy atom. The van der Waals surface area contributed by atoms with Gasteiger partial charge < -0.3 is 19.8 Å². The Hall–Kier alpha value is -2.75. The minimum Gasteiger partial charge on any atom is -0.391 e. The molecule has 3 aliphatic rings. The minimum atomic E-state index is -0.753. The predicted octanol–water partition coefficient (Wildman–Crippen LogP) is 2.28. The van der Waals surface area contributed by atoms with E-state index in [4.69, 9.17) is 4.52 Å². The standard InChI is InChI=1S/C25H36N6O4/c1-25(2,3)22(31-14-19(27-29-31)15-9-10-15)24(34)30-13-16(32)11-20(30)23(33)26-12-18-17-7-5-4-6-8-21(17)35-28-18/h14-16,20,22,32H,4-13H2,1-3H3,(H,26,33)/t16?,20?,22-/m1/s1. The molecule has 190 valence electrons. The number of carbonyl (C=O) groups excluding carboxylic acids is 2. The van der Waals surface area contributed by atoms with Gasteiger partial charge in [-0.15, -0.1) is 5.10 Å². The molecule has 2 fully saturated rings. The zero-order valence-corrected chi connectivity index (χ0v) is 20.9. The minimum absolute atomic E-state index is 0.118. The van der Waals surface area contributed by atoms with E-state index in [2.05, 4.69) is 20.8 Å². The van der Waals surface area contributed by atoms with E-state index in [1.807, 2.05) is 27.0 Å². The Bertz CT molecular complexity index is 1080. The van der Waals surface area contributed by atoms with Gasteiger partial charge in [-0.25, -0.2) is 4.68 Å². The molecule has 2 aromatic rings. The lowest BCUT2D eigenvalue weighted by atomic mass is 9.85. The molecule has 1 saturated carbocycles. The molecule has 2 unspecified atom stereocenters. The van der Waals surface area contributed by atoms with Crippen LogP contribution in [-0.4, -0.2) is 60.7 Å². The van der Waals surface area contributed by atoms with Crippen LogP contribution >= 0.6 is 0 Å². The van der Waals surface area contributed by atoms with Crippen molar-refractivity contribution < 1.29 is 19.2 Å². The van der Waals surface area contributed by atoms with Gasteiger partial charge in [0.1, 0.15) is 23.5 Å². The fraction of sp³-hybridized carbons (Fsp3) is 0.720. The summed E-state index contributed by atoms with van der Waals surface area (Å²) in [6, 6.07) is -1.38. The Morgan fingerprint density at radius 1 is 1.23 bits per heavy atom. The summed E-state index contributed by atoms with van der Waals surface area (Å²) in [5.41, 5.74) is 2.31. The zero-order chi connectivity index (χ0) is 24.7. The van der Waals surface area contributed by atoms with Gasteiger partial charge in [0.25, 0.3) is 0 Å². The van der Waals surface area contributed by atoms with Crippen LogP contribution in [0.15, 0.2) is 10.7 Å². The number of hydrogen-bond donors (Lipinski definition) is 2. The highest BCUT2D eigenvalue weighted by atomic mass is 16.5. The van der Waals surface area contributed by atoms with Gasteiger partial charge in [-0.1, -0.05) is 37.6 Å². The van der Waals surface area contributed by atoms with Gasteiger partial charge in [0.15, 0.2) is 0 Å². The summed E-state index contributed by atoms with van der Waals surface area (Å²) in [5, 5.41) is 26.1. The van der Waals surface area contributed by atoms with Gasteiger partial charge in [0.2, 0.25) is 11.8 Å². The molecular weight excluding hydrogens is 448 g/mol. The molecule has 3 heterocycles. The molecule has 3 atom stereocenters. The molecule has 0 aromatic carbocycles. The van der Waals surface area contributed by atoms with Crippen LogP contribution in [0.2, 0.25) is 0 Å². The van der Waals surface area contributed by atoms with E-state index in [0.29, 0.717) is 5.92 Å². The Morgan fingerprint density at radius 2 is 2.00 bits per heavy atom. The van der Waals surface area contributed by atoms with E-state index >= 15 is 0 Å². The number of aryl methyl sites for hydroxylation is 1. The van der Waals surface area contributed by atoms with Crippen molar-refractivity contribution in [2.75, 3.05) is 6.54 Å². The second-order valence-corrected chi connectivity index (χ2v) is 11.4. The maximum atomic E-state index is 13.8. The molecule has 35 heavy (non-hydrogen) atoms. The van der Waals surface area contributed by atoms with Crippen molar-refractivity contribution in [3.63, 3.8) is 0 Å². The summed E-state index contributed by atoms with van der Waals surface area (Å²) < 4.78 is 7.16. The van der Waals surface area contributed by atoms with Gasteiger partial charge in [0, 0.05) is 37.1 Å². The third kappa shape index (κ3) is 4.98. The highest BCUT2D eigenvalue weighted by Gasteiger charge is 2.45. The van der Waals surface area contributed by atoms with Crippen molar-refractivity contribution in [2.45, 2.75) is 103 Å². The molecule has 2 aromatic heterocycles. The summed E-state index contributed by atoms with van der Waals surface area (Å²) in [6.07, 6.45) is 8.65. The molecule has 1 saturated heterocycles. The van der Waals surface area contributed by atoms with Crippen LogP contribution in [0.3, 0.4) is 0 Å². The third-order valence-corrected chi connectivity index (χ3v) is 7.42. The average Bonchev–Trinajstić information content (AvgIpc) is 3.34.